The van der Waals surface area contributed by atoms with Gasteiger partial charge in [-0.25, -0.2) is 0 Å². The van der Waals surface area contributed by atoms with Crippen LogP contribution < -0.4 is 0 Å². The molecule has 6 heteroatoms. The monoisotopic (exact) mass is 1140 g/mol. The molecule has 0 saturated heterocycles. The van der Waals surface area contributed by atoms with Gasteiger partial charge in [-0.2, -0.15) is 0 Å². The van der Waals surface area contributed by atoms with Crippen molar-refractivity contribution in [3.05, 3.63) is 36.5 Å². The standard InChI is InChI=1S/C75H140O6/c1-4-7-10-13-16-19-22-25-28-30-32-34-36-37-39-40-42-44-47-50-53-56-59-62-65-68-74(77)80-71-72(70-79-73(76)67-64-61-58-55-52-49-46-27-24-21-18-15-12-9-6-3)81-75(78)69-66-63-60-57-54-51-48-45-43-41-38-35-33-31-29-26-23-20-17-14-11-8-5-2/h22,25,27,30,32,46,72H,4-21,23-24,26,28-29,31,33-45,47-71H2,1-3H3/b25-22-,32-30-,46-27-. The van der Waals surface area contributed by atoms with Crippen molar-refractivity contribution in [2.24, 2.45) is 0 Å². The maximum Gasteiger partial charge on any atom is 0.306 e. The van der Waals surface area contributed by atoms with Crippen molar-refractivity contribution in [1.82, 2.24) is 0 Å². The van der Waals surface area contributed by atoms with Crippen LogP contribution in [0.4, 0.5) is 0 Å². The second-order valence-corrected chi connectivity index (χ2v) is 24.9. The van der Waals surface area contributed by atoms with Crippen LogP contribution >= 0.6 is 0 Å². The molecule has 0 aliphatic carbocycles. The minimum atomic E-state index is -0.774. The highest BCUT2D eigenvalue weighted by Gasteiger charge is 2.19. The van der Waals surface area contributed by atoms with E-state index < -0.39 is 6.10 Å². The lowest BCUT2D eigenvalue weighted by Gasteiger charge is -2.18. The number of carbonyl (C=O) groups is 3. The Morgan fingerprint density at radius 2 is 0.444 bits per heavy atom. The number of allylic oxidation sites excluding steroid dienone is 6. The van der Waals surface area contributed by atoms with Gasteiger partial charge in [0.1, 0.15) is 13.2 Å². The SMILES string of the molecule is CCCCCCC/C=C\C/C=C\CCCCCCCCCCCCCCCC(=O)OCC(COC(=O)CCCCCCC/C=C\CCCCCCCC)OC(=O)CCCCCCCCCCCCCCCCCCCCCCCCC. The van der Waals surface area contributed by atoms with E-state index in [9.17, 15) is 14.4 Å². The summed E-state index contributed by atoms with van der Waals surface area (Å²) < 4.78 is 17.0. The minimum Gasteiger partial charge on any atom is -0.462 e. The normalized spacial score (nSPS) is 12.2. The van der Waals surface area contributed by atoms with Gasteiger partial charge in [-0.15, -0.1) is 0 Å². The van der Waals surface area contributed by atoms with E-state index in [0.29, 0.717) is 19.3 Å². The molecule has 0 radical (unpaired) electrons. The maximum atomic E-state index is 13.0. The molecule has 0 aliphatic rings. The highest BCUT2D eigenvalue weighted by atomic mass is 16.6. The van der Waals surface area contributed by atoms with E-state index in [0.717, 1.165) is 70.6 Å². The summed E-state index contributed by atoms with van der Waals surface area (Å²) in [6, 6.07) is 0. The fourth-order valence-electron chi connectivity index (χ4n) is 11.1. The fraction of sp³-hybridized carbons (Fsp3) is 0.880. The van der Waals surface area contributed by atoms with E-state index in [4.69, 9.17) is 14.2 Å². The largest absolute Gasteiger partial charge is 0.462 e. The summed E-state index contributed by atoms with van der Waals surface area (Å²) in [5.41, 5.74) is 0. The van der Waals surface area contributed by atoms with Gasteiger partial charge in [-0.3, -0.25) is 14.4 Å². The zero-order valence-electron chi connectivity index (χ0n) is 54.8. The minimum absolute atomic E-state index is 0.0700. The molecule has 0 aliphatic heterocycles. The molecule has 0 aromatic heterocycles. The van der Waals surface area contributed by atoms with E-state index in [1.807, 2.05) is 0 Å². The Kier molecular flexibility index (Phi) is 68.1. The van der Waals surface area contributed by atoms with Crippen LogP contribution in [-0.4, -0.2) is 37.2 Å². The second kappa shape index (κ2) is 70.1. The zero-order valence-corrected chi connectivity index (χ0v) is 54.8. The Bertz CT molecular complexity index is 1350. The lowest BCUT2D eigenvalue weighted by Crippen LogP contribution is -2.30. The Labute approximate surface area is 506 Å². The van der Waals surface area contributed by atoms with E-state index in [1.165, 1.54) is 295 Å². The molecule has 0 bridgehead atoms. The van der Waals surface area contributed by atoms with Gasteiger partial charge in [-0.05, 0) is 77.0 Å². The molecule has 476 valence electrons. The number of unbranched alkanes of at least 4 members (excludes halogenated alkanes) is 51. The van der Waals surface area contributed by atoms with Crippen molar-refractivity contribution < 1.29 is 28.6 Å². The molecule has 0 aromatic carbocycles. The van der Waals surface area contributed by atoms with Crippen LogP contribution in [0.5, 0.6) is 0 Å². The van der Waals surface area contributed by atoms with Gasteiger partial charge in [0.15, 0.2) is 6.10 Å². The summed E-state index contributed by atoms with van der Waals surface area (Å²) in [6.45, 7) is 6.70. The lowest BCUT2D eigenvalue weighted by atomic mass is 10.0. The third-order valence-corrected chi connectivity index (χ3v) is 16.6. The Morgan fingerprint density at radius 3 is 0.691 bits per heavy atom. The van der Waals surface area contributed by atoms with Gasteiger partial charge >= 0.3 is 17.9 Å². The van der Waals surface area contributed by atoms with E-state index in [1.54, 1.807) is 0 Å². The third-order valence-electron chi connectivity index (χ3n) is 16.6. The number of rotatable bonds is 68. The Morgan fingerprint density at radius 1 is 0.247 bits per heavy atom. The summed E-state index contributed by atoms with van der Waals surface area (Å²) in [5, 5.41) is 0. The van der Waals surface area contributed by atoms with Crippen LogP contribution in [0, 0.1) is 0 Å². The first-order valence-corrected chi connectivity index (χ1v) is 36.5. The van der Waals surface area contributed by atoms with Gasteiger partial charge in [0, 0.05) is 19.3 Å². The first kappa shape index (κ1) is 78.6. The summed E-state index contributed by atoms with van der Waals surface area (Å²) in [6.07, 6.45) is 87.5. The van der Waals surface area contributed by atoms with Crippen LogP contribution in [0.2, 0.25) is 0 Å². The molecule has 6 nitrogen and oxygen atoms in total. The molecule has 0 amide bonds. The quantitative estimate of drug-likeness (QED) is 0.0261. The number of carbonyl (C=O) groups excluding carboxylic acids is 3. The molecule has 0 heterocycles. The molecule has 0 rings (SSSR count). The highest BCUT2D eigenvalue weighted by molar-refractivity contribution is 5.71. The zero-order chi connectivity index (χ0) is 58.5. The molecule has 81 heavy (non-hydrogen) atoms. The average Bonchev–Trinajstić information content (AvgIpc) is 3.47. The van der Waals surface area contributed by atoms with Crippen molar-refractivity contribution >= 4 is 17.9 Å². The summed E-state index contributed by atoms with van der Waals surface area (Å²) in [5.74, 6) is -0.848. The van der Waals surface area contributed by atoms with Crippen LogP contribution in [0.3, 0.4) is 0 Å². The van der Waals surface area contributed by atoms with Crippen molar-refractivity contribution in [3.8, 4) is 0 Å². The summed E-state index contributed by atoms with van der Waals surface area (Å²) >= 11 is 0. The van der Waals surface area contributed by atoms with Crippen molar-refractivity contribution in [3.63, 3.8) is 0 Å². The van der Waals surface area contributed by atoms with Gasteiger partial charge in [-0.1, -0.05) is 346 Å². The first-order valence-electron chi connectivity index (χ1n) is 36.5. The summed E-state index contributed by atoms with van der Waals surface area (Å²) in [4.78, 5) is 38.5. The molecular weight excluding hydrogens is 997 g/mol. The van der Waals surface area contributed by atoms with Gasteiger partial charge < -0.3 is 14.2 Å². The average molecular weight is 1140 g/mol. The smallest absolute Gasteiger partial charge is 0.306 e. The topological polar surface area (TPSA) is 78.9 Å². The molecular formula is C75H140O6. The predicted octanol–water partition coefficient (Wildman–Crippen LogP) is 25.1. The molecule has 0 aromatic rings. The van der Waals surface area contributed by atoms with E-state index in [-0.39, 0.29) is 31.1 Å². The van der Waals surface area contributed by atoms with E-state index in [2.05, 4.69) is 57.2 Å². The number of hydrogen-bond acceptors (Lipinski definition) is 6. The van der Waals surface area contributed by atoms with Crippen molar-refractivity contribution in [2.45, 2.75) is 412 Å². The molecule has 0 N–H and O–H groups in total. The molecule has 1 unspecified atom stereocenters. The molecule has 0 spiro atoms. The molecule has 0 fully saturated rings. The fourth-order valence-corrected chi connectivity index (χ4v) is 11.1. The molecule has 1 atom stereocenters. The van der Waals surface area contributed by atoms with Gasteiger partial charge in [0.25, 0.3) is 0 Å². The van der Waals surface area contributed by atoms with Crippen LogP contribution in [0.1, 0.15) is 406 Å². The maximum absolute atomic E-state index is 13.0. The van der Waals surface area contributed by atoms with Crippen LogP contribution in [0.15, 0.2) is 36.5 Å². The number of hydrogen-bond donors (Lipinski definition) is 0. The predicted molar refractivity (Wildman–Crippen MR) is 353 cm³/mol. The third kappa shape index (κ3) is 68.3. The van der Waals surface area contributed by atoms with Crippen LogP contribution in [-0.2, 0) is 28.6 Å². The Balaban J connectivity index is 4.26. The summed E-state index contributed by atoms with van der Waals surface area (Å²) in [7, 11) is 0. The van der Waals surface area contributed by atoms with E-state index >= 15 is 0 Å². The van der Waals surface area contributed by atoms with Gasteiger partial charge in [0.2, 0.25) is 0 Å². The van der Waals surface area contributed by atoms with Crippen molar-refractivity contribution in [2.75, 3.05) is 13.2 Å². The second-order valence-electron chi connectivity index (χ2n) is 24.9. The van der Waals surface area contributed by atoms with Crippen LogP contribution in [0.25, 0.3) is 0 Å². The molecule has 0 saturated carbocycles. The first-order chi connectivity index (χ1) is 40.0. The Hall–Kier alpha value is -2.37. The van der Waals surface area contributed by atoms with Crippen molar-refractivity contribution in [1.29, 1.82) is 0 Å². The van der Waals surface area contributed by atoms with Gasteiger partial charge in [0.05, 0.1) is 0 Å². The number of ether oxygens (including phenoxy) is 3. The lowest BCUT2D eigenvalue weighted by molar-refractivity contribution is -0.167. The number of esters is 3. The highest BCUT2D eigenvalue weighted by Crippen LogP contribution is 2.19.